The van der Waals surface area contributed by atoms with Crippen LogP contribution in [0.15, 0.2) is 70.5 Å². The van der Waals surface area contributed by atoms with Gasteiger partial charge in [0.05, 0.1) is 24.2 Å². The Bertz CT molecular complexity index is 912. The molecule has 0 saturated carbocycles. The molecule has 7 heteroatoms. The number of rotatable bonds is 8. The first kappa shape index (κ1) is 20.2. The van der Waals surface area contributed by atoms with Gasteiger partial charge in [-0.2, -0.15) is 5.10 Å². The average Bonchev–Trinajstić information content (AvgIpc) is 3.56. The molecule has 3 aromatic rings. The molecule has 0 bridgehead atoms. The van der Waals surface area contributed by atoms with Gasteiger partial charge in [-0.1, -0.05) is 18.2 Å². The first-order valence-electron chi connectivity index (χ1n) is 10.6. The summed E-state index contributed by atoms with van der Waals surface area (Å²) in [5.74, 6) is 1.81. The standard InChI is InChI=1S/C23H30N6O/c1-24-23(26-17-21(22-10-7-15-30-22)28-13-5-6-14-28)25-12-11-19-16-27-29(18-19)20-8-3-2-4-9-20/h2-4,7-10,15-16,18,21H,5-6,11-14,17H2,1H3,(H2,24,25,26). The van der Waals surface area contributed by atoms with Gasteiger partial charge in [-0.15, -0.1) is 0 Å². The smallest absolute Gasteiger partial charge is 0.191 e. The maximum Gasteiger partial charge on any atom is 0.191 e. The fourth-order valence-corrected chi connectivity index (χ4v) is 3.89. The van der Waals surface area contributed by atoms with Crippen LogP contribution in [0, 0.1) is 0 Å². The second-order valence-electron chi connectivity index (χ2n) is 7.53. The zero-order valence-corrected chi connectivity index (χ0v) is 17.5. The fraction of sp³-hybridized carbons (Fsp3) is 0.391. The maximum absolute atomic E-state index is 5.70. The zero-order valence-electron chi connectivity index (χ0n) is 17.5. The first-order valence-corrected chi connectivity index (χ1v) is 10.6. The third-order valence-electron chi connectivity index (χ3n) is 5.50. The summed E-state index contributed by atoms with van der Waals surface area (Å²) in [6.45, 7) is 3.78. The largest absolute Gasteiger partial charge is 0.468 e. The van der Waals surface area contributed by atoms with E-state index in [0.29, 0.717) is 0 Å². The predicted octanol–water partition coefficient (Wildman–Crippen LogP) is 3.01. The van der Waals surface area contributed by atoms with Gasteiger partial charge < -0.3 is 15.1 Å². The number of para-hydroxylation sites is 1. The van der Waals surface area contributed by atoms with Crippen molar-refractivity contribution in [1.29, 1.82) is 0 Å². The van der Waals surface area contributed by atoms with Gasteiger partial charge >= 0.3 is 0 Å². The number of benzene rings is 1. The number of hydrogen-bond donors (Lipinski definition) is 2. The van der Waals surface area contributed by atoms with E-state index in [1.807, 2.05) is 35.1 Å². The van der Waals surface area contributed by atoms with Crippen molar-refractivity contribution in [3.63, 3.8) is 0 Å². The Balaban J connectivity index is 1.27. The van der Waals surface area contributed by atoms with Gasteiger partial charge in [-0.25, -0.2) is 4.68 Å². The van der Waals surface area contributed by atoms with Gasteiger partial charge in [0.15, 0.2) is 5.96 Å². The van der Waals surface area contributed by atoms with Crippen LogP contribution in [0.3, 0.4) is 0 Å². The van der Waals surface area contributed by atoms with E-state index in [1.54, 1.807) is 13.3 Å². The molecule has 0 radical (unpaired) electrons. The summed E-state index contributed by atoms with van der Waals surface area (Å²) >= 11 is 0. The maximum atomic E-state index is 5.70. The molecule has 0 spiro atoms. The summed E-state index contributed by atoms with van der Waals surface area (Å²) in [6, 6.07) is 14.4. The first-order chi connectivity index (χ1) is 14.8. The van der Waals surface area contributed by atoms with Crippen LogP contribution in [-0.2, 0) is 6.42 Å². The van der Waals surface area contributed by atoms with E-state index in [2.05, 4.69) is 50.0 Å². The molecular formula is C23H30N6O. The zero-order chi connectivity index (χ0) is 20.6. The molecule has 30 heavy (non-hydrogen) atoms. The number of aliphatic imine (C=N–C) groups is 1. The number of guanidine groups is 1. The van der Waals surface area contributed by atoms with E-state index in [9.17, 15) is 0 Å². The highest BCUT2D eigenvalue weighted by Gasteiger charge is 2.25. The molecule has 1 aromatic carbocycles. The van der Waals surface area contributed by atoms with Gasteiger partial charge in [-0.05, 0) is 62.2 Å². The van der Waals surface area contributed by atoms with Crippen molar-refractivity contribution in [2.75, 3.05) is 33.2 Å². The van der Waals surface area contributed by atoms with E-state index in [4.69, 9.17) is 4.42 Å². The quantitative estimate of drug-likeness (QED) is 0.445. The molecule has 1 aliphatic rings. The lowest BCUT2D eigenvalue weighted by molar-refractivity contribution is 0.215. The Morgan fingerprint density at radius 2 is 1.97 bits per heavy atom. The molecule has 1 unspecified atom stereocenters. The Hall–Kier alpha value is -3.06. The van der Waals surface area contributed by atoms with Gasteiger partial charge in [0.2, 0.25) is 0 Å². The Morgan fingerprint density at radius 3 is 2.70 bits per heavy atom. The minimum atomic E-state index is 0.227. The Kier molecular flexibility index (Phi) is 6.82. The third-order valence-corrected chi connectivity index (χ3v) is 5.50. The second kappa shape index (κ2) is 10.1. The molecule has 4 rings (SSSR count). The summed E-state index contributed by atoms with van der Waals surface area (Å²) in [5.41, 5.74) is 2.26. The average molecular weight is 407 g/mol. The van der Waals surface area contributed by atoms with Gasteiger partial charge in [0.25, 0.3) is 0 Å². The van der Waals surface area contributed by atoms with Crippen molar-refractivity contribution < 1.29 is 4.42 Å². The summed E-state index contributed by atoms with van der Waals surface area (Å²) in [5, 5.41) is 11.3. The summed E-state index contributed by atoms with van der Waals surface area (Å²) in [7, 11) is 1.81. The fourth-order valence-electron chi connectivity index (χ4n) is 3.89. The van der Waals surface area contributed by atoms with Crippen LogP contribution in [0.4, 0.5) is 0 Å². The lowest BCUT2D eigenvalue weighted by Crippen LogP contribution is -2.43. The van der Waals surface area contributed by atoms with Crippen molar-refractivity contribution in [3.8, 4) is 5.69 Å². The highest BCUT2D eigenvalue weighted by molar-refractivity contribution is 5.79. The molecule has 0 aliphatic carbocycles. The highest BCUT2D eigenvalue weighted by Crippen LogP contribution is 2.24. The van der Waals surface area contributed by atoms with Gasteiger partial charge in [0.1, 0.15) is 5.76 Å². The van der Waals surface area contributed by atoms with E-state index >= 15 is 0 Å². The Morgan fingerprint density at radius 1 is 1.13 bits per heavy atom. The van der Waals surface area contributed by atoms with Crippen molar-refractivity contribution in [2.45, 2.75) is 25.3 Å². The van der Waals surface area contributed by atoms with E-state index < -0.39 is 0 Å². The normalized spacial score (nSPS) is 16.0. The van der Waals surface area contributed by atoms with Crippen LogP contribution in [-0.4, -0.2) is 53.9 Å². The lowest BCUT2D eigenvalue weighted by atomic mass is 10.2. The number of nitrogens with zero attached hydrogens (tertiary/aromatic N) is 4. The van der Waals surface area contributed by atoms with Crippen LogP contribution in [0.25, 0.3) is 5.69 Å². The molecule has 3 heterocycles. The summed E-state index contributed by atoms with van der Waals surface area (Å²) in [4.78, 5) is 6.86. The summed E-state index contributed by atoms with van der Waals surface area (Å²) in [6.07, 6.45) is 9.13. The number of nitrogens with one attached hydrogen (secondary N) is 2. The van der Waals surface area contributed by atoms with Gasteiger partial charge in [0, 0.05) is 26.3 Å². The predicted molar refractivity (Wildman–Crippen MR) is 119 cm³/mol. The molecular weight excluding hydrogens is 376 g/mol. The lowest BCUT2D eigenvalue weighted by Gasteiger charge is -2.26. The molecule has 7 nitrogen and oxygen atoms in total. The van der Waals surface area contributed by atoms with Crippen LogP contribution in [0.5, 0.6) is 0 Å². The molecule has 158 valence electrons. The molecule has 1 fully saturated rings. The van der Waals surface area contributed by atoms with Crippen molar-refractivity contribution >= 4 is 5.96 Å². The minimum absolute atomic E-state index is 0.227. The van der Waals surface area contributed by atoms with Crippen molar-refractivity contribution in [3.05, 3.63) is 72.4 Å². The van der Waals surface area contributed by atoms with Gasteiger partial charge in [-0.3, -0.25) is 9.89 Å². The highest BCUT2D eigenvalue weighted by atomic mass is 16.3. The molecule has 2 aromatic heterocycles. The molecule has 0 amide bonds. The van der Waals surface area contributed by atoms with Crippen LogP contribution in [0.1, 0.15) is 30.2 Å². The molecule has 1 aliphatic heterocycles. The second-order valence-corrected chi connectivity index (χ2v) is 7.53. The summed E-state index contributed by atoms with van der Waals surface area (Å²) < 4.78 is 7.61. The number of furan rings is 1. The van der Waals surface area contributed by atoms with Crippen LogP contribution in [0.2, 0.25) is 0 Å². The van der Waals surface area contributed by atoms with Crippen LogP contribution < -0.4 is 10.6 Å². The topological polar surface area (TPSA) is 70.6 Å². The molecule has 1 saturated heterocycles. The van der Waals surface area contributed by atoms with E-state index in [1.165, 1.54) is 18.4 Å². The number of aromatic nitrogens is 2. The monoisotopic (exact) mass is 406 g/mol. The van der Waals surface area contributed by atoms with E-state index in [0.717, 1.165) is 50.0 Å². The number of hydrogen-bond acceptors (Lipinski definition) is 4. The van der Waals surface area contributed by atoms with Crippen molar-refractivity contribution in [1.82, 2.24) is 25.3 Å². The third kappa shape index (κ3) is 5.10. The Labute approximate surface area is 177 Å². The van der Waals surface area contributed by atoms with E-state index in [-0.39, 0.29) is 6.04 Å². The minimum Gasteiger partial charge on any atom is -0.468 e. The van der Waals surface area contributed by atoms with Crippen molar-refractivity contribution in [2.24, 2.45) is 4.99 Å². The molecule has 2 N–H and O–H groups in total. The SMILES string of the molecule is CN=C(NCCc1cnn(-c2ccccc2)c1)NCC(c1ccco1)N1CCCC1. The van der Waals surface area contributed by atoms with Crippen LogP contribution >= 0.6 is 0 Å². The molecule has 1 atom stereocenters. The number of likely N-dealkylation sites (tertiary alicyclic amines) is 1.